The summed E-state index contributed by atoms with van der Waals surface area (Å²) in [6.45, 7) is 0. The number of carbonyl (C=O) groups is 2. The third-order valence-corrected chi connectivity index (χ3v) is 5.53. The van der Waals surface area contributed by atoms with E-state index in [1.165, 1.54) is 18.2 Å². The van der Waals surface area contributed by atoms with Crippen molar-refractivity contribution in [1.82, 2.24) is 5.32 Å². The van der Waals surface area contributed by atoms with E-state index in [2.05, 4.69) is 26.6 Å². The van der Waals surface area contributed by atoms with Crippen molar-refractivity contribution in [1.29, 1.82) is 0 Å². The van der Waals surface area contributed by atoms with Gasteiger partial charge in [0.15, 0.2) is 5.11 Å². The van der Waals surface area contributed by atoms with Gasteiger partial charge in [-0.2, -0.15) is 0 Å². The third-order valence-electron chi connectivity index (χ3n) is 3.16. The summed E-state index contributed by atoms with van der Waals surface area (Å²) in [4.78, 5) is 34.1. The fourth-order valence-electron chi connectivity index (χ4n) is 1.99. The number of nitro benzene ring substituents is 1. The Morgan fingerprint density at radius 2 is 1.85 bits per heavy atom. The molecule has 0 saturated carbocycles. The lowest BCUT2D eigenvalue weighted by Crippen LogP contribution is -2.35. The summed E-state index contributed by atoms with van der Waals surface area (Å²) in [5.74, 6) is -1.83. The van der Waals surface area contributed by atoms with Crippen LogP contribution in [0.3, 0.4) is 0 Å². The molecular weight excluding hydrogens is 668 g/mol. The highest BCUT2D eigenvalue weighted by molar-refractivity contribution is 14.1. The van der Waals surface area contributed by atoms with Crippen LogP contribution in [0, 0.1) is 17.3 Å². The number of non-ortho nitro benzene ring substituents is 1. The summed E-state index contributed by atoms with van der Waals surface area (Å²) in [6, 6.07) is 6.96. The van der Waals surface area contributed by atoms with E-state index in [9.17, 15) is 24.8 Å². The molecule has 3 N–H and O–H groups in total. The van der Waals surface area contributed by atoms with E-state index in [-0.39, 0.29) is 27.6 Å². The van der Waals surface area contributed by atoms with Crippen molar-refractivity contribution in [3.63, 3.8) is 0 Å². The number of nitrogens with one attached hydrogen (secondary N) is 2. The Morgan fingerprint density at radius 3 is 2.44 bits per heavy atom. The first-order chi connectivity index (χ1) is 12.6. The first kappa shape index (κ1) is 21.9. The zero-order chi connectivity index (χ0) is 20.3. The van der Waals surface area contributed by atoms with E-state index in [1.807, 2.05) is 45.2 Å². The van der Waals surface area contributed by atoms with Gasteiger partial charge < -0.3 is 10.4 Å². The number of benzene rings is 2. The fraction of sp³-hybridized carbons (Fsp3) is 0. The molecule has 1 amide bonds. The molecule has 0 aliphatic carbocycles. The van der Waals surface area contributed by atoms with Crippen molar-refractivity contribution >= 4 is 102 Å². The average Bonchev–Trinajstić information content (AvgIpc) is 2.56. The van der Waals surface area contributed by atoms with Crippen LogP contribution >= 0.6 is 73.3 Å². The molecule has 0 fully saturated rings. The van der Waals surface area contributed by atoms with Crippen LogP contribution in [-0.4, -0.2) is 27.0 Å². The van der Waals surface area contributed by atoms with Gasteiger partial charge in [-0.15, -0.1) is 0 Å². The number of thiocarbonyl (C=S) groups is 1. The highest BCUT2D eigenvalue weighted by Crippen LogP contribution is 2.26. The molecule has 0 unspecified atom stereocenters. The number of carbonyl (C=O) groups excluding carboxylic acids is 1. The molecule has 0 saturated heterocycles. The lowest BCUT2D eigenvalue weighted by Gasteiger charge is -2.14. The number of carboxylic acid groups (broad SMARTS) is 1. The summed E-state index contributed by atoms with van der Waals surface area (Å²) in [5, 5.41) is 25.2. The molecule has 0 radical (unpaired) electrons. The molecule has 140 valence electrons. The minimum absolute atomic E-state index is 0.000529. The number of aromatic carboxylic acids is 1. The number of amides is 1. The zero-order valence-electron chi connectivity index (χ0n) is 13.0. The van der Waals surface area contributed by atoms with Gasteiger partial charge in [-0.25, -0.2) is 4.79 Å². The molecular formula is C15H8BrI2N3O5S. The molecule has 0 aliphatic rings. The second-order valence-electron chi connectivity index (χ2n) is 4.94. The Labute approximate surface area is 193 Å². The van der Waals surface area contributed by atoms with Crippen molar-refractivity contribution in [2.45, 2.75) is 0 Å². The Bertz CT molecular complexity index is 986. The van der Waals surface area contributed by atoms with Gasteiger partial charge in [0, 0.05) is 23.7 Å². The molecule has 8 nitrogen and oxygen atoms in total. The lowest BCUT2D eigenvalue weighted by molar-refractivity contribution is -0.384. The van der Waals surface area contributed by atoms with E-state index in [1.54, 1.807) is 6.07 Å². The molecule has 0 bridgehead atoms. The van der Waals surface area contributed by atoms with Gasteiger partial charge >= 0.3 is 5.97 Å². The summed E-state index contributed by atoms with van der Waals surface area (Å²) in [7, 11) is 0. The van der Waals surface area contributed by atoms with Crippen molar-refractivity contribution in [3.05, 3.63) is 63.2 Å². The monoisotopic (exact) mass is 675 g/mol. The molecule has 2 rings (SSSR count). The number of anilines is 1. The van der Waals surface area contributed by atoms with Crippen molar-refractivity contribution in [2.24, 2.45) is 0 Å². The lowest BCUT2D eigenvalue weighted by atomic mass is 10.2. The summed E-state index contributed by atoms with van der Waals surface area (Å²) in [5.41, 5.74) is 0.0121. The molecule has 0 spiro atoms. The number of nitrogens with zero attached hydrogens (tertiary/aromatic N) is 1. The first-order valence-electron chi connectivity index (χ1n) is 6.88. The predicted octanol–water partition coefficient (Wildman–Crippen LogP) is 4.39. The number of hydrogen-bond donors (Lipinski definition) is 3. The number of nitro groups is 1. The largest absolute Gasteiger partial charge is 0.478 e. The van der Waals surface area contributed by atoms with Gasteiger partial charge in [0.05, 0.1) is 21.7 Å². The number of carboxylic acids is 1. The van der Waals surface area contributed by atoms with E-state index in [0.717, 1.165) is 9.64 Å². The van der Waals surface area contributed by atoms with Gasteiger partial charge in [0.2, 0.25) is 0 Å². The van der Waals surface area contributed by atoms with E-state index >= 15 is 0 Å². The average molecular weight is 676 g/mol. The Hall–Kier alpha value is -1.39. The topological polar surface area (TPSA) is 122 Å². The van der Waals surface area contributed by atoms with Crippen molar-refractivity contribution in [3.8, 4) is 0 Å². The maximum Gasteiger partial charge on any atom is 0.337 e. The van der Waals surface area contributed by atoms with Crippen LogP contribution in [0.5, 0.6) is 0 Å². The minimum atomic E-state index is -1.15. The van der Waals surface area contributed by atoms with E-state index in [0.29, 0.717) is 8.04 Å². The summed E-state index contributed by atoms with van der Waals surface area (Å²) >= 11 is 12.2. The molecule has 0 aliphatic heterocycles. The van der Waals surface area contributed by atoms with Crippen molar-refractivity contribution < 1.29 is 19.6 Å². The smallest absolute Gasteiger partial charge is 0.337 e. The molecule has 0 aromatic heterocycles. The number of hydrogen-bond acceptors (Lipinski definition) is 5. The van der Waals surface area contributed by atoms with Gasteiger partial charge in [-0.1, -0.05) is 0 Å². The van der Waals surface area contributed by atoms with E-state index < -0.39 is 16.8 Å². The summed E-state index contributed by atoms with van der Waals surface area (Å²) < 4.78 is 1.68. The van der Waals surface area contributed by atoms with Crippen LogP contribution in [-0.2, 0) is 0 Å². The Kier molecular flexibility index (Phi) is 7.47. The van der Waals surface area contributed by atoms with Crippen LogP contribution in [0.1, 0.15) is 20.7 Å². The highest BCUT2D eigenvalue weighted by atomic mass is 127. The normalized spacial score (nSPS) is 10.2. The molecule has 0 heterocycles. The maximum atomic E-state index is 12.4. The summed E-state index contributed by atoms with van der Waals surface area (Å²) in [6.07, 6.45) is 0. The predicted molar refractivity (Wildman–Crippen MR) is 123 cm³/mol. The van der Waals surface area contributed by atoms with Crippen LogP contribution in [0.2, 0.25) is 0 Å². The minimum Gasteiger partial charge on any atom is -0.478 e. The molecule has 0 atom stereocenters. The van der Waals surface area contributed by atoms with Gasteiger partial charge in [0.1, 0.15) is 0 Å². The first-order valence-corrected chi connectivity index (χ1v) is 10.2. The molecule has 2 aromatic rings. The van der Waals surface area contributed by atoms with Crippen LogP contribution in [0.15, 0.2) is 34.8 Å². The van der Waals surface area contributed by atoms with Gasteiger partial charge in [-0.3, -0.25) is 20.2 Å². The third kappa shape index (κ3) is 5.55. The van der Waals surface area contributed by atoms with Crippen LogP contribution in [0.25, 0.3) is 0 Å². The molecule has 27 heavy (non-hydrogen) atoms. The van der Waals surface area contributed by atoms with Crippen molar-refractivity contribution in [2.75, 3.05) is 5.32 Å². The quantitative estimate of drug-likeness (QED) is 0.190. The second-order valence-corrected chi connectivity index (χ2v) is 8.62. The molecule has 12 heteroatoms. The second kappa shape index (κ2) is 9.20. The standard InChI is InChI=1S/C15H8BrI2N3O5S/c16-10-2-1-7(21(25)26)5-8(10)13(22)20-15(27)19-12-9(14(23)24)3-6(17)4-11(12)18/h1-5H,(H,23,24)(H2,19,20,22,27). The maximum absolute atomic E-state index is 12.4. The molecule has 2 aromatic carbocycles. The van der Waals surface area contributed by atoms with Gasteiger partial charge in [-0.05, 0) is 91.5 Å². The SMILES string of the molecule is O=C(NC(=S)Nc1c(I)cc(I)cc1C(=O)O)c1cc([N+](=O)[O-])ccc1Br. The zero-order valence-corrected chi connectivity index (χ0v) is 19.7. The fourth-order valence-corrected chi connectivity index (χ4v) is 4.59. The van der Waals surface area contributed by atoms with E-state index in [4.69, 9.17) is 12.2 Å². The van der Waals surface area contributed by atoms with Gasteiger partial charge in [0.25, 0.3) is 11.6 Å². The number of rotatable bonds is 4. The Balaban J connectivity index is 2.25. The Morgan fingerprint density at radius 1 is 1.19 bits per heavy atom. The number of halogens is 3. The van der Waals surface area contributed by atoms with Crippen LogP contribution < -0.4 is 10.6 Å². The highest BCUT2D eigenvalue weighted by Gasteiger charge is 2.19. The van der Waals surface area contributed by atoms with Crippen LogP contribution in [0.4, 0.5) is 11.4 Å².